The van der Waals surface area contributed by atoms with Gasteiger partial charge in [-0.05, 0) is 36.8 Å². The van der Waals surface area contributed by atoms with Crippen molar-refractivity contribution in [2.45, 2.75) is 19.6 Å². The van der Waals surface area contributed by atoms with Crippen LogP contribution in [0.5, 0.6) is 11.5 Å². The molecule has 7 heteroatoms. The number of carbonyl (C=O) groups is 2. The summed E-state index contributed by atoms with van der Waals surface area (Å²) in [6, 6.07) is 11.7. The molecule has 0 saturated heterocycles. The summed E-state index contributed by atoms with van der Waals surface area (Å²) >= 11 is 0. The lowest BCUT2D eigenvalue weighted by molar-refractivity contribution is -0.132. The van der Waals surface area contributed by atoms with Gasteiger partial charge in [-0.25, -0.2) is 4.39 Å². The van der Waals surface area contributed by atoms with Crippen molar-refractivity contribution in [1.82, 2.24) is 4.90 Å². The molecule has 1 aliphatic rings. The highest BCUT2D eigenvalue weighted by Crippen LogP contribution is 2.33. The van der Waals surface area contributed by atoms with Gasteiger partial charge < -0.3 is 14.4 Å². The summed E-state index contributed by atoms with van der Waals surface area (Å²) in [5, 5.41) is 0. The number of ether oxygens (including phenoxy) is 2. The average molecular weight is 372 g/mol. The second-order valence-corrected chi connectivity index (χ2v) is 6.37. The zero-order valence-electron chi connectivity index (χ0n) is 15.4. The molecule has 1 unspecified atom stereocenters. The predicted molar refractivity (Wildman–Crippen MR) is 98.3 cm³/mol. The molecule has 1 atom stereocenters. The van der Waals surface area contributed by atoms with Gasteiger partial charge in [0.25, 0.3) is 5.91 Å². The Labute approximate surface area is 157 Å². The standard InChI is InChI=1S/C20H21FN2O4/c1-13-20(25)23(16-6-4-5-7-18(16)27-13)12-19(24)22(2)11-14-8-9-17(26-3)15(21)10-14/h4-10,13H,11-12H2,1-3H3. The SMILES string of the molecule is COc1ccc(CN(C)C(=O)CN2C(=O)C(C)Oc3ccccc32)cc1F. The lowest BCUT2D eigenvalue weighted by Crippen LogP contribution is -2.48. The molecule has 0 bridgehead atoms. The molecule has 27 heavy (non-hydrogen) atoms. The first-order valence-corrected chi connectivity index (χ1v) is 8.54. The van der Waals surface area contributed by atoms with Gasteiger partial charge in [-0.2, -0.15) is 0 Å². The first-order valence-electron chi connectivity index (χ1n) is 8.54. The van der Waals surface area contributed by atoms with E-state index in [9.17, 15) is 14.0 Å². The van der Waals surface area contributed by atoms with Crippen molar-refractivity contribution >= 4 is 17.5 Å². The quantitative estimate of drug-likeness (QED) is 0.810. The molecular weight excluding hydrogens is 351 g/mol. The van der Waals surface area contributed by atoms with Crippen LogP contribution >= 0.6 is 0 Å². The number of halogens is 1. The number of benzene rings is 2. The highest BCUT2D eigenvalue weighted by molar-refractivity contribution is 6.03. The third-order valence-corrected chi connectivity index (χ3v) is 4.43. The second-order valence-electron chi connectivity index (χ2n) is 6.37. The monoisotopic (exact) mass is 372 g/mol. The summed E-state index contributed by atoms with van der Waals surface area (Å²) in [6.45, 7) is 1.76. The van der Waals surface area contributed by atoms with Gasteiger partial charge in [0.15, 0.2) is 17.7 Å². The molecule has 2 aromatic rings. The van der Waals surface area contributed by atoms with Crippen molar-refractivity contribution in [3.63, 3.8) is 0 Å². The molecule has 0 N–H and O–H groups in total. The molecule has 1 aliphatic heterocycles. The largest absolute Gasteiger partial charge is 0.494 e. The Hall–Kier alpha value is -3.09. The van der Waals surface area contributed by atoms with E-state index in [1.165, 1.54) is 29.0 Å². The van der Waals surface area contributed by atoms with Gasteiger partial charge >= 0.3 is 0 Å². The molecule has 2 amide bonds. The number of para-hydroxylation sites is 2. The van der Waals surface area contributed by atoms with Crippen LogP contribution in [0.4, 0.5) is 10.1 Å². The number of nitrogens with zero attached hydrogens (tertiary/aromatic N) is 2. The summed E-state index contributed by atoms with van der Waals surface area (Å²) < 4.78 is 24.3. The van der Waals surface area contributed by atoms with Gasteiger partial charge in [0, 0.05) is 13.6 Å². The molecule has 2 aromatic carbocycles. The van der Waals surface area contributed by atoms with Crippen LogP contribution in [0, 0.1) is 5.82 Å². The highest BCUT2D eigenvalue weighted by Gasteiger charge is 2.33. The first kappa shape index (κ1) is 18.7. The smallest absolute Gasteiger partial charge is 0.268 e. The summed E-state index contributed by atoms with van der Waals surface area (Å²) in [7, 11) is 3.01. The summed E-state index contributed by atoms with van der Waals surface area (Å²) in [5.41, 5.74) is 1.20. The fourth-order valence-electron chi connectivity index (χ4n) is 2.95. The van der Waals surface area contributed by atoms with Crippen molar-refractivity contribution < 1.29 is 23.5 Å². The van der Waals surface area contributed by atoms with Crippen LogP contribution in [0.3, 0.4) is 0 Å². The van der Waals surface area contributed by atoms with Crippen molar-refractivity contribution in [1.29, 1.82) is 0 Å². The van der Waals surface area contributed by atoms with E-state index in [2.05, 4.69) is 0 Å². The number of rotatable bonds is 5. The summed E-state index contributed by atoms with van der Waals surface area (Å²) in [6.07, 6.45) is -0.659. The highest BCUT2D eigenvalue weighted by atomic mass is 19.1. The van der Waals surface area contributed by atoms with Crippen molar-refractivity contribution in [2.24, 2.45) is 0 Å². The molecule has 1 heterocycles. The Bertz CT molecular complexity index is 871. The molecular formula is C20H21FN2O4. The molecule has 6 nitrogen and oxygen atoms in total. The minimum atomic E-state index is -0.659. The zero-order chi connectivity index (χ0) is 19.6. The van der Waals surface area contributed by atoms with Gasteiger partial charge in [0.2, 0.25) is 5.91 Å². The maximum atomic E-state index is 13.8. The minimum absolute atomic E-state index is 0.112. The fraction of sp³-hybridized carbons (Fsp3) is 0.300. The Balaban J connectivity index is 1.73. The molecule has 0 fully saturated rings. The Morgan fingerprint density at radius 1 is 1.30 bits per heavy atom. The van der Waals surface area contributed by atoms with E-state index in [0.29, 0.717) is 17.0 Å². The van der Waals surface area contributed by atoms with E-state index < -0.39 is 11.9 Å². The number of fused-ring (bicyclic) bond motifs is 1. The second kappa shape index (κ2) is 7.65. The van der Waals surface area contributed by atoms with Gasteiger partial charge in [-0.15, -0.1) is 0 Å². The van der Waals surface area contributed by atoms with Crippen LogP contribution in [-0.4, -0.2) is 43.5 Å². The van der Waals surface area contributed by atoms with Crippen molar-refractivity contribution in [3.8, 4) is 11.5 Å². The van der Waals surface area contributed by atoms with E-state index in [1.54, 1.807) is 38.2 Å². The molecule has 0 aliphatic carbocycles. The van der Waals surface area contributed by atoms with E-state index in [1.807, 2.05) is 6.07 Å². The molecule has 142 valence electrons. The van der Waals surface area contributed by atoms with E-state index in [0.717, 1.165) is 0 Å². The number of methoxy groups -OCH3 is 1. The Morgan fingerprint density at radius 3 is 2.74 bits per heavy atom. The first-order chi connectivity index (χ1) is 12.9. The predicted octanol–water partition coefficient (Wildman–Crippen LogP) is 2.61. The fourth-order valence-corrected chi connectivity index (χ4v) is 2.95. The number of likely N-dealkylation sites (N-methyl/N-ethyl adjacent to an activating group) is 1. The number of carbonyl (C=O) groups excluding carboxylic acids is 2. The normalized spacial score (nSPS) is 15.8. The molecule has 0 spiro atoms. The molecule has 0 saturated carbocycles. The van der Waals surface area contributed by atoms with Gasteiger partial charge in [0.05, 0.1) is 12.8 Å². The van der Waals surface area contributed by atoms with Crippen LogP contribution in [-0.2, 0) is 16.1 Å². The number of hydrogen-bond acceptors (Lipinski definition) is 4. The lowest BCUT2D eigenvalue weighted by Gasteiger charge is -2.33. The molecule has 0 aromatic heterocycles. The van der Waals surface area contributed by atoms with Crippen LogP contribution in [0.15, 0.2) is 42.5 Å². The van der Waals surface area contributed by atoms with E-state index in [4.69, 9.17) is 9.47 Å². The third-order valence-electron chi connectivity index (χ3n) is 4.43. The number of amides is 2. The van der Waals surface area contributed by atoms with Crippen LogP contribution in [0.25, 0.3) is 0 Å². The molecule has 3 rings (SSSR count). The van der Waals surface area contributed by atoms with Crippen LogP contribution in [0.1, 0.15) is 12.5 Å². The minimum Gasteiger partial charge on any atom is -0.494 e. The Kier molecular flexibility index (Phi) is 5.30. The maximum absolute atomic E-state index is 13.8. The number of anilines is 1. The Morgan fingerprint density at radius 2 is 2.04 bits per heavy atom. The average Bonchev–Trinajstić information content (AvgIpc) is 2.65. The lowest BCUT2D eigenvalue weighted by atomic mass is 10.1. The van der Waals surface area contributed by atoms with E-state index in [-0.39, 0.29) is 30.7 Å². The van der Waals surface area contributed by atoms with Gasteiger partial charge in [0.1, 0.15) is 12.3 Å². The topological polar surface area (TPSA) is 59.1 Å². The van der Waals surface area contributed by atoms with Gasteiger partial charge in [-0.3, -0.25) is 14.5 Å². The third kappa shape index (κ3) is 3.86. The van der Waals surface area contributed by atoms with E-state index >= 15 is 0 Å². The molecule has 0 radical (unpaired) electrons. The summed E-state index contributed by atoms with van der Waals surface area (Å²) in [4.78, 5) is 28.0. The van der Waals surface area contributed by atoms with Crippen LogP contribution in [0.2, 0.25) is 0 Å². The number of hydrogen-bond donors (Lipinski definition) is 0. The van der Waals surface area contributed by atoms with Crippen molar-refractivity contribution in [2.75, 3.05) is 25.6 Å². The van der Waals surface area contributed by atoms with Crippen LogP contribution < -0.4 is 14.4 Å². The summed E-state index contributed by atoms with van der Waals surface area (Å²) in [5.74, 6) is -0.300. The maximum Gasteiger partial charge on any atom is 0.268 e. The van der Waals surface area contributed by atoms with Crippen molar-refractivity contribution in [3.05, 3.63) is 53.8 Å². The van der Waals surface area contributed by atoms with Gasteiger partial charge in [-0.1, -0.05) is 18.2 Å². The zero-order valence-corrected chi connectivity index (χ0v) is 15.4.